The number of amides is 2. The largest absolute Gasteiger partial charge is 0.493 e. The van der Waals surface area contributed by atoms with E-state index < -0.39 is 0 Å². The number of ether oxygens (including phenoxy) is 2. The number of unbranched alkanes of at least 4 members (excludes halogenated alkanes) is 1. The standard InChI is InChI=1S/C18H22N2O4S2/c1-4-5-8-19-16(21)11-20-17(22)15(26-18(20)25)10-12-6-7-13(23-2)14(9-12)24-3/h6-7,9-10H,4-5,8,11H2,1-3H3,(H,19,21). The predicted molar refractivity (Wildman–Crippen MR) is 107 cm³/mol. The Balaban J connectivity index is 2.10. The highest BCUT2D eigenvalue weighted by Gasteiger charge is 2.33. The molecule has 1 heterocycles. The molecule has 0 aromatic heterocycles. The van der Waals surface area contributed by atoms with Crippen LogP contribution in [0.5, 0.6) is 11.5 Å². The Morgan fingerprint density at radius 2 is 2.04 bits per heavy atom. The minimum Gasteiger partial charge on any atom is -0.493 e. The van der Waals surface area contributed by atoms with E-state index in [1.54, 1.807) is 32.4 Å². The summed E-state index contributed by atoms with van der Waals surface area (Å²) in [4.78, 5) is 26.3. The average molecular weight is 395 g/mol. The van der Waals surface area contributed by atoms with E-state index in [2.05, 4.69) is 5.32 Å². The van der Waals surface area contributed by atoms with E-state index in [1.807, 2.05) is 13.0 Å². The van der Waals surface area contributed by atoms with E-state index in [1.165, 1.54) is 16.7 Å². The topological polar surface area (TPSA) is 67.9 Å². The molecule has 0 spiro atoms. The first-order valence-corrected chi connectivity index (χ1v) is 9.46. The van der Waals surface area contributed by atoms with Crippen LogP contribution >= 0.6 is 24.0 Å². The van der Waals surface area contributed by atoms with Gasteiger partial charge in [-0.05, 0) is 30.2 Å². The summed E-state index contributed by atoms with van der Waals surface area (Å²) in [5.74, 6) is 0.718. The smallest absolute Gasteiger partial charge is 0.266 e. The van der Waals surface area contributed by atoms with Crippen molar-refractivity contribution in [3.63, 3.8) is 0 Å². The lowest BCUT2D eigenvalue weighted by Crippen LogP contribution is -2.39. The van der Waals surface area contributed by atoms with Crippen molar-refractivity contribution in [2.45, 2.75) is 19.8 Å². The summed E-state index contributed by atoms with van der Waals surface area (Å²) < 4.78 is 10.9. The Morgan fingerprint density at radius 3 is 2.69 bits per heavy atom. The molecule has 1 saturated heterocycles. The van der Waals surface area contributed by atoms with Gasteiger partial charge in [-0.15, -0.1) is 0 Å². The van der Waals surface area contributed by atoms with Crippen LogP contribution in [0.2, 0.25) is 0 Å². The summed E-state index contributed by atoms with van der Waals surface area (Å²) in [5.41, 5.74) is 0.788. The number of benzene rings is 1. The number of hydrogen-bond acceptors (Lipinski definition) is 6. The van der Waals surface area contributed by atoms with Crippen LogP contribution in [0, 0.1) is 0 Å². The van der Waals surface area contributed by atoms with Crippen molar-refractivity contribution in [2.24, 2.45) is 0 Å². The molecule has 8 heteroatoms. The van der Waals surface area contributed by atoms with Gasteiger partial charge >= 0.3 is 0 Å². The van der Waals surface area contributed by atoms with Gasteiger partial charge in [0.2, 0.25) is 5.91 Å². The Hall–Kier alpha value is -2.06. The number of carbonyl (C=O) groups is 2. The zero-order chi connectivity index (χ0) is 19.1. The van der Waals surface area contributed by atoms with Gasteiger partial charge in [-0.25, -0.2) is 0 Å². The lowest BCUT2D eigenvalue weighted by molar-refractivity contribution is -0.128. The fourth-order valence-corrected chi connectivity index (χ4v) is 3.59. The molecule has 0 aliphatic carbocycles. The van der Waals surface area contributed by atoms with Crippen molar-refractivity contribution in [2.75, 3.05) is 27.3 Å². The van der Waals surface area contributed by atoms with Gasteiger partial charge in [0, 0.05) is 6.54 Å². The quantitative estimate of drug-likeness (QED) is 0.415. The van der Waals surface area contributed by atoms with Crippen molar-refractivity contribution >= 4 is 46.2 Å². The van der Waals surface area contributed by atoms with E-state index in [4.69, 9.17) is 21.7 Å². The van der Waals surface area contributed by atoms with Crippen LogP contribution in [0.15, 0.2) is 23.1 Å². The van der Waals surface area contributed by atoms with Crippen molar-refractivity contribution in [3.05, 3.63) is 28.7 Å². The third kappa shape index (κ3) is 4.98. The second-order valence-electron chi connectivity index (χ2n) is 5.59. The molecule has 1 aliphatic rings. The Labute approximate surface area is 162 Å². The van der Waals surface area contributed by atoms with Gasteiger partial charge in [0.1, 0.15) is 10.9 Å². The van der Waals surface area contributed by atoms with Crippen molar-refractivity contribution in [1.82, 2.24) is 10.2 Å². The van der Waals surface area contributed by atoms with E-state index in [-0.39, 0.29) is 18.4 Å². The highest BCUT2D eigenvalue weighted by Crippen LogP contribution is 2.34. The minimum atomic E-state index is -0.263. The highest BCUT2D eigenvalue weighted by atomic mass is 32.2. The Bertz CT molecular complexity index is 734. The number of rotatable bonds is 8. The summed E-state index contributed by atoms with van der Waals surface area (Å²) in [7, 11) is 3.12. The molecule has 0 bridgehead atoms. The van der Waals surface area contributed by atoms with Crippen LogP contribution in [-0.4, -0.2) is 48.3 Å². The first kappa shape index (κ1) is 20.3. The second-order valence-corrected chi connectivity index (χ2v) is 7.26. The van der Waals surface area contributed by atoms with E-state index in [0.29, 0.717) is 27.3 Å². The van der Waals surface area contributed by atoms with Gasteiger partial charge in [-0.2, -0.15) is 0 Å². The van der Waals surface area contributed by atoms with Crippen molar-refractivity contribution in [3.8, 4) is 11.5 Å². The van der Waals surface area contributed by atoms with Gasteiger partial charge < -0.3 is 14.8 Å². The van der Waals surface area contributed by atoms with Crippen LogP contribution in [0.4, 0.5) is 0 Å². The summed E-state index contributed by atoms with van der Waals surface area (Å²) in [6.45, 7) is 2.59. The Kier molecular flexibility index (Phi) is 7.47. The highest BCUT2D eigenvalue weighted by molar-refractivity contribution is 8.26. The molecule has 1 aliphatic heterocycles. The molecule has 0 radical (unpaired) electrons. The maximum atomic E-state index is 12.6. The average Bonchev–Trinajstić information content (AvgIpc) is 2.89. The monoisotopic (exact) mass is 394 g/mol. The zero-order valence-electron chi connectivity index (χ0n) is 15.0. The molecule has 1 fully saturated rings. The molecule has 1 N–H and O–H groups in total. The van der Waals surface area contributed by atoms with Gasteiger partial charge in [-0.3, -0.25) is 14.5 Å². The number of hydrogen-bond donors (Lipinski definition) is 1. The fourth-order valence-electron chi connectivity index (χ4n) is 2.33. The number of methoxy groups -OCH3 is 2. The predicted octanol–water partition coefficient (Wildman–Crippen LogP) is 2.82. The maximum absolute atomic E-state index is 12.6. The van der Waals surface area contributed by atoms with Crippen LogP contribution < -0.4 is 14.8 Å². The van der Waals surface area contributed by atoms with E-state index in [9.17, 15) is 9.59 Å². The third-order valence-electron chi connectivity index (χ3n) is 3.73. The summed E-state index contributed by atoms with van der Waals surface area (Å²) >= 11 is 6.44. The molecule has 0 atom stereocenters. The number of nitrogens with zero attached hydrogens (tertiary/aromatic N) is 1. The van der Waals surface area contributed by atoms with Gasteiger partial charge in [-0.1, -0.05) is 43.4 Å². The van der Waals surface area contributed by atoms with Crippen LogP contribution in [-0.2, 0) is 9.59 Å². The first-order chi connectivity index (χ1) is 12.5. The molecule has 26 heavy (non-hydrogen) atoms. The number of thiocarbonyl (C=S) groups is 1. The van der Waals surface area contributed by atoms with E-state index >= 15 is 0 Å². The number of nitrogens with one attached hydrogen (secondary N) is 1. The first-order valence-electron chi connectivity index (χ1n) is 8.24. The third-order valence-corrected chi connectivity index (χ3v) is 5.11. The lowest BCUT2D eigenvalue weighted by Gasteiger charge is -2.14. The van der Waals surface area contributed by atoms with Crippen molar-refractivity contribution in [1.29, 1.82) is 0 Å². The molecule has 140 valence electrons. The molecular formula is C18H22N2O4S2. The maximum Gasteiger partial charge on any atom is 0.266 e. The minimum absolute atomic E-state index is 0.0579. The molecule has 2 rings (SSSR count). The Morgan fingerprint density at radius 1 is 1.31 bits per heavy atom. The summed E-state index contributed by atoms with van der Waals surface area (Å²) in [6, 6.07) is 5.38. The van der Waals surface area contributed by atoms with Crippen molar-refractivity contribution < 1.29 is 19.1 Å². The van der Waals surface area contributed by atoms with Gasteiger partial charge in [0.05, 0.1) is 19.1 Å². The summed E-state index contributed by atoms with van der Waals surface area (Å²) in [5, 5.41) is 2.79. The molecule has 1 aromatic carbocycles. The summed E-state index contributed by atoms with van der Waals surface area (Å²) in [6.07, 6.45) is 3.63. The second kappa shape index (κ2) is 9.59. The van der Waals surface area contributed by atoms with Crippen LogP contribution in [0.3, 0.4) is 0 Å². The van der Waals surface area contributed by atoms with Crippen LogP contribution in [0.25, 0.3) is 6.08 Å². The van der Waals surface area contributed by atoms with Crippen LogP contribution in [0.1, 0.15) is 25.3 Å². The molecular weight excluding hydrogens is 372 g/mol. The fraction of sp³-hybridized carbons (Fsp3) is 0.389. The molecule has 0 unspecified atom stereocenters. The molecule has 0 saturated carbocycles. The lowest BCUT2D eigenvalue weighted by atomic mass is 10.2. The SMILES string of the molecule is CCCCNC(=O)CN1C(=O)C(=Cc2ccc(OC)c(OC)c2)SC1=S. The number of carbonyl (C=O) groups excluding carboxylic acids is 2. The molecule has 6 nitrogen and oxygen atoms in total. The normalized spacial score (nSPS) is 15.5. The molecule has 2 amide bonds. The number of thioether (sulfide) groups is 1. The molecule has 1 aromatic rings. The van der Waals surface area contributed by atoms with Gasteiger partial charge in [0.25, 0.3) is 5.91 Å². The van der Waals surface area contributed by atoms with E-state index in [0.717, 1.165) is 18.4 Å². The van der Waals surface area contributed by atoms with Gasteiger partial charge in [0.15, 0.2) is 11.5 Å². The zero-order valence-corrected chi connectivity index (χ0v) is 16.7.